The van der Waals surface area contributed by atoms with Crippen LogP contribution in [0.25, 0.3) is 11.2 Å². The minimum Gasteiger partial charge on any atom is -0.394 e. The van der Waals surface area contributed by atoms with Crippen molar-refractivity contribution in [3.63, 3.8) is 0 Å². The van der Waals surface area contributed by atoms with Crippen molar-refractivity contribution >= 4 is 38.6 Å². The normalized spacial score (nSPS) is 12.3. The summed E-state index contributed by atoms with van der Waals surface area (Å²) in [5, 5.41) is 23.3. The molecular formula is C26H30N10O3S. The van der Waals surface area contributed by atoms with Crippen molar-refractivity contribution in [1.29, 1.82) is 0 Å². The van der Waals surface area contributed by atoms with E-state index in [4.69, 9.17) is 4.98 Å². The van der Waals surface area contributed by atoms with Crippen LogP contribution in [0, 0.1) is 0 Å². The first kappa shape index (κ1) is 27.0. The largest absolute Gasteiger partial charge is 0.394 e. The van der Waals surface area contributed by atoms with E-state index in [1.165, 1.54) is 18.5 Å². The number of hydrogen-bond donors (Lipinski definition) is 4. The molecule has 0 saturated heterocycles. The van der Waals surface area contributed by atoms with E-state index < -0.39 is 10.0 Å². The first-order valence-corrected chi connectivity index (χ1v) is 14.2. The van der Waals surface area contributed by atoms with Gasteiger partial charge in [-0.1, -0.05) is 37.3 Å². The van der Waals surface area contributed by atoms with Crippen molar-refractivity contribution in [3.05, 3.63) is 79.1 Å². The number of rotatable bonds is 13. The second-order valence-corrected chi connectivity index (χ2v) is 10.8. The molecule has 5 rings (SSSR count). The maximum atomic E-state index is 12.6. The number of aromatic nitrogens is 7. The van der Waals surface area contributed by atoms with Crippen molar-refractivity contribution in [2.75, 3.05) is 29.1 Å². The lowest BCUT2D eigenvalue weighted by Crippen LogP contribution is -2.24. The van der Waals surface area contributed by atoms with E-state index in [1.807, 2.05) is 41.8 Å². The highest BCUT2D eigenvalue weighted by Crippen LogP contribution is 2.22. The molecule has 0 aliphatic carbocycles. The van der Waals surface area contributed by atoms with Crippen molar-refractivity contribution in [1.82, 2.24) is 33.7 Å². The summed E-state index contributed by atoms with van der Waals surface area (Å²) in [7, 11) is -3.78. The highest BCUT2D eigenvalue weighted by atomic mass is 32.2. The number of anilines is 3. The van der Waals surface area contributed by atoms with Gasteiger partial charge in [0.1, 0.15) is 12.7 Å². The summed E-state index contributed by atoms with van der Waals surface area (Å²) in [6, 6.07) is 16.3. The number of imidazole rings is 1. The van der Waals surface area contributed by atoms with Gasteiger partial charge in [-0.3, -0.25) is 0 Å². The first-order chi connectivity index (χ1) is 19.5. The van der Waals surface area contributed by atoms with Crippen LogP contribution in [0.1, 0.15) is 18.9 Å². The molecule has 0 radical (unpaired) electrons. The van der Waals surface area contributed by atoms with E-state index in [-0.39, 0.29) is 17.5 Å². The van der Waals surface area contributed by atoms with E-state index in [1.54, 1.807) is 18.5 Å². The van der Waals surface area contributed by atoms with E-state index in [2.05, 4.69) is 36.0 Å². The molecular weight excluding hydrogens is 532 g/mol. The van der Waals surface area contributed by atoms with Crippen molar-refractivity contribution in [2.45, 2.75) is 37.4 Å². The Morgan fingerprint density at radius 2 is 1.80 bits per heavy atom. The minimum absolute atomic E-state index is 0.0349. The topological polar surface area (TPSA) is 165 Å². The molecule has 0 aliphatic rings. The van der Waals surface area contributed by atoms with Gasteiger partial charge in [-0.25, -0.2) is 9.97 Å². The molecule has 14 heteroatoms. The molecule has 2 aromatic carbocycles. The molecule has 0 unspecified atom stereocenters. The Hall–Kier alpha value is -4.56. The average molecular weight is 563 g/mol. The van der Waals surface area contributed by atoms with Gasteiger partial charge in [0.15, 0.2) is 17.0 Å². The fourth-order valence-corrected chi connectivity index (χ4v) is 5.07. The summed E-state index contributed by atoms with van der Waals surface area (Å²) in [5.74, 6) is 1.00. The predicted octanol–water partition coefficient (Wildman–Crippen LogP) is 2.56. The van der Waals surface area contributed by atoms with E-state index in [0.29, 0.717) is 49.0 Å². The smallest absolute Gasteiger partial charge is 0.284 e. The van der Waals surface area contributed by atoms with Crippen LogP contribution in [0.2, 0.25) is 0 Å². The molecule has 208 valence electrons. The van der Waals surface area contributed by atoms with E-state index >= 15 is 0 Å². The third kappa shape index (κ3) is 6.02. The van der Waals surface area contributed by atoms with E-state index in [0.717, 1.165) is 21.7 Å². The predicted molar refractivity (Wildman–Crippen MR) is 151 cm³/mol. The van der Waals surface area contributed by atoms with Gasteiger partial charge >= 0.3 is 0 Å². The number of nitrogens with one attached hydrogen (secondary N) is 3. The van der Waals surface area contributed by atoms with Gasteiger partial charge in [-0.15, -0.1) is 9.19 Å². The zero-order valence-electron chi connectivity index (χ0n) is 21.8. The number of aliphatic hydroxyl groups excluding tert-OH is 1. The molecule has 0 bridgehead atoms. The number of benzene rings is 2. The van der Waals surface area contributed by atoms with Gasteiger partial charge in [0.25, 0.3) is 10.0 Å². The van der Waals surface area contributed by atoms with Gasteiger partial charge < -0.3 is 25.6 Å². The lowest BCUT2D eigenvalue weighted by atomic mass is 10.2. The fraction of sp³-hybridized carbons (Fsp3) is 0.269. The highest BCUT2D eigenvalue weighted by Gasteiger charge is 2.18. The second kappa shape index (κ2) is 12.1. The van der Waals surface area contributed by atoms with Gasteiger partial charge in [0, 0.05) is 25.3 Å². The van der Waals surface area contributed by atoms with Gasteiger partial charge in [0.05, 0.1) is 23.9 Å². The Morgan fingerprint density at radius 3 is 2.50 bits per heavy atom. The molecule has 4 N–H and O–H groups in total. The van der Waals surface area contributed by atoms with Gasteiger partial charge in [0.2, 0.25) is 5.95 Å². The monoisotopic (exact) mass is 562 g/mol. The molecule has 0 amide bonds. The van der Waals surface area contributed by atoms with Crippen molar-refractivity contribution in [2.24, 2.45) is 0 Å². The minimum atomic E-state index is -3.78. The lowest BCUT2D eigenvalue weighted by Gasteiger charge is -2.16. The van der Waals surface area contributed by atoms with Crippen LogP contribution in [-0.2, 0) is 23.1 Å². The van der Waals surface area contributed by atoms with Crippen LogP contribution in [0.15, 0.2) is 78.5 Å². The summed E-state index contributed by atoms with van der Waals surface area (Å²) in [6.07, 6.45) is 4.76. The highest BCUT2D eigenvalue weighted by molar-refractivity contribution is 7.89. The number of nitrogens with zero attached hydrogens (tertiary/aromatic N) is 7. The molecule has 13 nitrogen and oxygen atoms in total. The third-order valence-electron chi connectivity index (χ3n) is 6.29. The Labute approximate surface area is 231 Å². The summed E-state index contributed by atoms with van der Waals surface area (Å²) >= 11 is 0. The van der Waals surface area contributed by atoms with Crippen LogP contribution in [0.3, 0.4) is 0 Å². The number of fused-ring (bicyclic) bond motifs is 1. The fourth-order valence-electron chi connectivity index (χ4n) is 4.03. The standard InChI is InChI=1S/C26H30N10O3S/c1-2-20(15-37)32-26-33-24(29-14-19-6-4-3-5-7-19)23-25(34-26)35(18-30-23)13-12-28-21-8-10-22(11-9-21)40(38,39)36-17-27-16-31-36/h3-11,16-18,20,28,37H,2,12-15H2,1H3,(H2,29,32,33,34)/t20-/m1/s1. The molecule has 3 heterocycles. The zero-order chi connectivity index (χ0) is 28.0. The summed E-state index contributed by atoms with van der Waals surface area (Å²) < 4.78 is 27.9. The van der Waals surface area contributed by atoms with Crippen LogP contribution in [-0.4, -0.2) is 66.4 Å². The Kier molecular flexibility index (Phi) is 8.17. The molecule has 0 saturated carbocycles. The number of hydrogen-bond acceptors (Lipinski definition) is 11. The quantitative estimate of drug-likeness (QED) is 0.167. The van der Waals surface area contributed by atoms with Crippen LogP contribution >= 0.6 is 0 Å². The molecule has 3 aromatic heterocycles. The van der Waals surface area contributed by atoms with Crippen LogP contribution in [0.4, 0.5) is 17.5 Å². The maximum absolute atomic E-state index is 12.6. The third-order valence-corrected chi connectivity index (χ3v) is 7.84. The molecule has 40 heavy (non-hydrogen) atoms. The average Bonchev–Trinajstić information content (AvgIpc) is 3.67. The second-order valence-electron chi connectivity index (χ2n) is 9.00. The Morgan fingerprint density at radius 1 is 1.00 bits per heavy atom. The Balaban J connectivity index is 1.31. The summed E-state index contributed by atoms with van der Waals surface area (Å²) in [4.78, 5) is 17.7. The van der Waals surface area contributed by atoms with Gasteiger partial charge in [-0.2, -0.15) is 18.4 Å². The molecule has 5 aromatic rings. The summed E-state index contributed by atoms with van der Waals surface area (Å²) in [5.41, 5.74) is 3.16. The molecule has 0 aliphatic heterocycles. The first-order valence-electron chi connectivity index (χ1n) is 12.8. The van der Waals surface area contributed by atoms with Crippen LogP contribution < -0.4 is 16.0 Å². The van der Waals surface area contributed by atoms with Crippen molar-refractivity contribution in [3.8, 4) is 0 Å². The summed E-state index contributed by atoms with van der Waals surface area (Å²) in [6.45, 7) is 3.59. The SMILES string of the molecule is CC[C@H](CO)Nc1nc(NCc2ccccc2)c2ncn(CCNc3ccc(S(=O)(=O)n4cncn4)cc3)c2n1. The molecule has 0 fully saturated rings. The lowest BCUT2D eigenvalue weighted by molar-refractivity contribution is 0.271. The number of aliphatic hydroxyl groups is 1. The molecule has 1 atom stereocenters. The van der Waals surface area contributed by atoms with E-state index in [9.17, 15) is 13.5 Å². The van der Waals surface area contributed by atoms with Gasteiger partial charge in [-0.05, 0) is 36.2 Å². The zero-order valence-corrected chi connectivity index (χ0v) is 22.7. The molecule has 0 spiro atoms. The Bertz CT molecular complexity index is 1640. The van der Waals surface area contributed by atoms with Crippen LogP contribution in [0.5, 0.6) is 0 Å². The maximum Gasteiger partial charge on any atom is 0.284 e. The van der Waals surface area contributed by atoms with Crippen molar-refractivity contribution < 1.29 is 13.5 Å².